The third-order valence-corrected chi connectivity index (χ3v) is 3.57. The maximum Gasteiger partial charge on any atom is 0.335 e. The number of nitrogens with zero attached hydrogens (tertiary/aromatic N) is 2. The number of piperidine rings is 1. The number of ether oxygens (including phenoxy) is 1. The van der Waals surface area contributed by atoms with Gasteiger partial charge in [0.05, 0.1) is 5.56 Å². The van der Waals surface area contributed by atoms with Crippen molar-refractivity contribution in [1.29, 1.82) is 0 Å². The van der Waals surface area contributed by atoms with Crippen LogP contribution in [-0.4, -0.2) is 47.2 Å². The molecule has 1 aromatic rings. The topological polar surface area (TPSA) is 62.7 Å². The molecule has 5 heteroatoms. The molecule has 0 radical (unpaired) electrons. The van der Waals surface area contributed by atoms with E-state index in [-0.39, 0.29) is 5.56 Å². The van der Waals surface area contributed by atoms with Gasteiger partial charge < -0.3 is 9.84 Å². The zero-order valence-electron chi connectivity index (χ0n) is 12.0. The summed E-state index contributed by atoms with van der Waals surface area (Å²) in [5, 5.41) is 9.07. The summed E-state index contributed by atoms with van der Waals surface area (Å²) in [6, 6.07) is 3.09. The predicted molar refractivity (Wildman–Crippen MR) is 76.4 cm³/mol. The molecule has 0 saturated carbocycles. The SMILES string of the molecule is CCc1cc(C(=O)O)cc(OCCN2CCCCC2)n1. The van der Waals surface area contributed by atoms with E-state index < -0.39 is 5.97 Å². The van der Waals surface area contributed by atoms with Crippen LogP contribution in [0.4, 0.5) is 0 Å². The van der Waals surface area contributed by atoms with Gasteiger partial charge in [-0.1, -0.05) is 13.3 Å². The maximum atomic E-state index is 11.1. The Labute approximate surface area is 119 Å². The van der Waals surface area contributed by atoms with Crippen molar-refractivity contribution in [3.8, 4) is 5.88 Å². The first kappa shape index (κ1) is 14.8. The molecule has 0 unspecified atom stereocenters. The molecule has 1 aliphatic rings. The van der Waals surface area contributed by atoms with E-state index >= 15 is 0 Å². The molecule has 1 fully saturated rings. The second kappa shape index (κ2) is 7.24. The fourth-order valence-corrected chi connectivity index (χ4v) is 2.40. The third-order valence-electron chi connectivity index (χ3n) is 3.57. The van der Waals surface area contributed by atoms with Gasteiger partial charge in [0, 0.05) is 18.3 Å². The van der Waals surface area contributed by atoms with Crippen LogP contribution in [0, 0.1) is 0 Å². The molecule has 110 valence electrons. The minimum atomic E-state index is -0.942. The van der Waals surface area contributed by atoms with Crippen molar-refractivity contribution in [2.75, 3.05) is 26.2 Å². The van der Waals surface area contributed by atoms with E-state index in [0.717, 1.165) is 25.3 Å². The molecule has 0 atom stereocenters. The number of carboxylic acid groups (broad SMARTS) is 1. The minimum absolute atomic E-state index is 0.241. The van der Waals surface area contributed by atoms with Crippen LogP contribution in [0.5, 0.6) is 5.88 Å². The van der Waals surface area contributed by atoms with Crippen LogP contribution in [0.15, 0.2) is 12.1 Å². The lowest BCUT2D eigenvalue weighted by molar-refractivity contribution is 0.0696. The van der Waals surface area contributed by atoms with Crippen LogP contribution in [-0.2, 0) is 6.42 Å². The second-order valence-corrected chi connectivity index (χ2v) is 5.09. The highest BCUT2D eigenvalue weighted by Gasteiger charge is 2.11. The summed E-state index contributed by atoms with van der Waals surface area (Å²) in [5.41, 5.74) is 0.989. The number of aromatic carboxylic acids is 1. The van der Waals surface area contributed by atoms with Gasteiger partial charge in [0.1, 0.15) is 6.61 Å². The summed E-state index contributed by atoms with van der Waals surface area (Å²) in [5.74, 6) is -0.526. The van der Waals surface area contributed by atoms with Gasteiger partial charge in [0.2, 0.25) is 5.88 Å². The molecular weight excluding hydrogens is 256 g/mol. The third kappa shape index (κ3) is 4.20. The molecule has 0 spiro atoms. The molecule has 0 bridgehead atoms. The van der Waals surface area contributed by atoms with Crippen LogP contribution < -0.4 is 4.74 Å². The molecule has 0 aromatic carbocycles. The molecule has 1 saturated heterocycles. The summed E-state index contributed by atoms with van der Waals surface area (Å²) in [6.45, 7) is 5.64. The Kier molecular flexibility index (Phi) is 5.35. The van der Waals surface area contributed by atoms with E-state index in [1.165, 1.54) is 25.3 Å². The van der Waals surface area contributed by atoms with E-state index in [4.69, 9.17) is 9.84 Å². The van der Waals surface area contributed by atoms with Gasteiger partial charge in [0.25, 0.3) is 0 Å². The van der Waals surface area contributed by atoms with E-state index in [1.54, 1.807) is 6.07 Å². The number of aryl methyl sites for hydroxylation is 1. The summed E-state index contributed by atoms with van der Waals surface area (Å²) in [4.78, 5) is 17.7. The summed E-state index contributed by atoms with van der Waals surface area (Å²) in [6.07, 6.45) is 4.53. The number of pyridine rings is 1. The number of carbonyl (C=O) groups is 1. The first-order valence-corrected chi connectivity index (χ1v) is 7.28. The molecule has 20 heavy (non-hydrogen) atoms. The van der Waals surface area contributed by atoms with Crippen molar-refractivity contribution < 1.29 is 14.6 Å². The van der Waals surface area contributed by atoms with Crippen LogP contribution in [0.2, 0.25) is 0 Å². The lowest BCUT2D eigenvalue weighted by Gasteiger charge is -2.26. The van der Waals surface area contributed by atoms with Crippen LogP contribution >= 0.6 is 0 Å². The minimum Gasteiger partial charge on any atom is -0.478 e. The second-order valence-electron chi connectivity index (χ2n) is 5.09. The Bertz CT molecular complexity index is 456. The molecule has 2 heterocycles. The predicted octanol–water partition coefficient (Wildman–Crippen LogP) is 2.21. The van der Waals surface area contributed by atoms with Crippen LogP contribution in [0.25, 0.3) is 0 Å². The van der Waals surface area contributed by atoms with Crippen molar-refractivity contribution in [1.82, 2.24) is 9.88 Å². The fraction of sp³-hybridized carbons (Fsp3) is 0.600. The lowest BCUT2D eigenvalue weighted by atomic mass is 10.1. The van der Waals surface area contributed by atoms with Gasteiger partial charge in [-0.25, -0.2) is 9.78 Å². The van der Waals surface area contributed by atoms with Crippen LogP contribution in [0.3, 0.4) is 0 Å². The smallest absolute Gasteiger partial charge is 0.335 e. The van der Waals surface area contributed by atoms with Crippen molar-refractivity contribution >= 4 is 5.97 Å². The number of hydrogen-bond acceptors (Lipinski definition) is 4. The Morgan fingerprint density at radius 2 is 2.10 bits per heavy atom. The van der Waals surface area contributed by atoms with Gasteiger partial charge >= 0.3 is 5.97 Å². The Hall–Kier alpha value is -1.62. The first-order chi connectivity index (χ1) is 9.69. The summed E-state index contributed by atoms with van der Waals surface area (Å²) < 4.78 is 5.63. The standard InChI is InChI=1S/C15H22N2O3/c1-2-13-10-12(15(18)19)11-14(16-13)20-9-8-17-6-4-3-5-7-17/h10-11H,2-9H2,1H3,(H,18,19). The molecule has 1 N–H and O–H groups in total. The molecule has 0 amide bonds. The first-order valence-electron chi connectivity index (χ1n) is 7.28. The van der Waals surface area contributed by atoms with Gasteiger partial charge in [-0.05, 0) is 38.4 Å². The summed E-state index contributed by atoms with van der Waals surface area (Å²) >= 11 is 0. The van der Waals surface area contributed by atoms with Crippen molar-refractivity contribution in [2.24, 2.45) is 0 Å². The fourth-order valence-electron chi connectivity index (χ4n) is 2.40. The quantitative estimate of drug-likeness (QED) is 0.864. The molecule has 5 nitrogen and oxygen atoms in total. The Morgan fingerprint density at radius 1 is 1.35 bits per heavy atom. The molecule has 2 rings (SSSR count). The monoisotopic (exact) mass is 278 g/mol. The zero-order chi connectivity index (χ0) is 14.4. The van der Waals surface area contributed by atoms with E-state index in [0.29, 0.717) is 18.9 Å². The number of aromatic nitrogens is 1. The van der Waals surface area contributed by atoms with E-state index in [1.807, 2.05) is 6.92 Å². The largest absolute Gasteiger partial charge is 0.478 e. The normalized spacial score (nSPS) is 16.1. The van der Waals surface area contributed by atoms with E-state index in [2.05, 4.69) is 9.88 Å². The Morgan fingerprint density at radius 3 is 2.75 bits per heavy atom. The zero-order valence-corrected chi connectivity index (χ0v) is 12.0. The van der Waals surface area contributed by atoms with Crippen molar-refractivity contribution in [3.05, 3.63) is 23.4 Å². The molecule has 1 aliphatic heterocycles. The van der Waals surface area contributed by atoms with Gasteiger partial charge in [-0.3, -0.25) is 4.90 Å². The number of hydrogen-bond donors (Lipinski definition) is 1. The van der Waals surface area contributed by atoms with Gasteiger partial charge in [-0.2, -0.15) is 0 Å². The number of rotatable bonds is 6. The molecule has 0 aliphatic carbocycles. The maximum absolute atomic E-state index is 11.1. The number of carboxylic acids is 1. The average Bonchev–Trinajstić information content (AvgIpc) is 2.48. The Balaban J connectivity index is 1.91. The lowest BCUT2D eigenvalue weighted by Crippen LogP contribution is -2.33. The van der Waals surface area contributed by atoms with E-state index in [9.17, 15) is 4.79 Å². The molecule has 1 aromatic heterocycles. The average molecular weight is 278 g/mol. The number of likely N-dealkylation sites (tertiary alicyclic amines) is 1. The highest BCUT2D eigenvalue weighted by atomic mass is 16.5. The highest BCUT2D eigenvalue weighted by Crippen LogP contribution is 2.14. The van der Waals surface area contributed by atoms with Crippen molar-refractivity contribution in [3.63, 3.8) is 0 Å². The van der Waals surface area contributed by atoms with Crippen molar-refractivity contribution in [2.45, 2.75) is 32.6 Å². The van der Waals surface area contributed by atoms with Crippen LogP contribution in [0.1, 0.15) is 42.2 Å². The van der Waals surface area contributed by atoms with Gasteiger partial charge in [-0.15, -0.1) is 0 Å². The van der Waals surface area contributed by atoms with Gasteiger partial charge in [0.15, 0.2) is 0 Å². The highest BCUT2D eigenvalue weighted by molar-refractivity contribution is 5.88. The molecular formula is C15H22N2O3. The summed E-state index contributed by atoms with van der Waals surface area (Å²) in [7, 11) is 0.